The van der Waals surface area contributed by atoms with Crippen LogP contribution >= 0.6 is 11.6 Å². The van der Waals surface area contributed by atoms with Gasteiger partial charge in [-0.3, -0.25) is 14.5 Å². The van der Waals surface area contributed by atoms with Gasteiger partial charge in [0.2, 0.25) is 0 Å². The first kappa shape index (κ1) is 19.1. The Balaban J connectivity index is 2.25. The molecule has 0 radical (unpaired) electrons. The van der Waals surface area contributed by atoms with Crippen molar-refractivity contribution >= 4 is 29.0 Å². The monoisotopic (exact) mass is 387 g/mol. The van der Waals surface area contributed by atoms with Crippen LogP contribution in [0.25, 0.3) is 0 Å². The number of ketones is 1. The quantitative estimate of drug-likeness (QED) is 0.806. The first-order chi connectivity index (χ1) is 12.6. The summed E-state index contributed by atoms with van der Waals surface area (Å²) in [5.74, 6) is -2.67. The molecule has 0 fully saturated rings. The largest absolute Gasteiger partial charge is 0.503 e. The molecule has 0 saturated heterocycles. The van der Waals surface area contributed by atoms with Gasteiger partial charge in [-0.25, -0.2) is 4.39 Å². The van der Waals surface area contributed by atoms with Crippen LogP contribution in [0.4, 0.5) is 10.1 Å². The lowest BCUT2D eigenvalue weighted by Gasteiger charge is -2.29. The molecular weight excluding hydrogens is 369 g/mol. The normalized spacial score (nSPS) is 17.6. The third-order valence-corrected chi connectivity index (χ3v) is 4.73. The summed E-state index contributed by atoms with van der Waals surface area (Å²) in [6.07, 6.45) is 0. The van der Waals surface area contributed by atoms with Crippen molar-refractivity contribution in [1.29, 1.82) is 0 Å². The lowest BCUT2D eigenvalue weighted by molar-refractivity contribution is -0.123. The average Bonchev–Trinajstić information content (AvgIpc) is 2.88. The van der Waals surface area contributed by atoms with Gasteiger partial charge in [-0.1, -0.05) is 68.8 Å². The van der Waals surface area contributed by atoms with Gasteiger partial charge < -0.3 is 5.11 Å². The van der Waals surface area contributed by atoms with E-state index in [1.165, 1.54) is 18.2 Å². The molecule has 3 rings (SSSR count). The van der Waals surface area contributed by atoms with E-state index in [4.69, 9.17) is 11.6 Å². The molecule has 1 amide bonds. The van der Waals surface area contributed by atoms with Gasteiger partial charge in [0, 0.05) is 5.41 Å². The van der Waals surface area contributed by atoms with E-state index in [1.54, 1.807) is 51.1 Å². The van der Waals surface area contributed by atoms with E-state index in [2.05, 4.69) is 0 Å². The molecule has 1 unspecified atom stereocenters. The summed E-state index contributed by atoms with van der Waals surface area (Å²) in [5, 5.41) is 10.4. The molecule has 0 aliphatic carbocycles. The van der Waals surface area contributed by atoms with Gasteiger partial charge in [-0.05, 0) is 17.7 Å². The van der Waals surface area contributed by atoms with Crippen LogP contribution in [0.15, 0.2) is 59.9 Å². The van der Waals surface area contributed by atoms with Gasteiger partial charge in [-0.2, -0.15) is 0 Å². The van der Waals surface area contributed by atoms with E-state index < -0.39 is 28.9 Å². The zero-order valence-corrected chi connectivity index (χ0v) is 15.9. The molecule has 0 spiro atoms. The third kappa shape index (κ3) is 3.23. The van der Waals surface area contributed by atoms with Gasteiger partial charge in [0.05, 0.1) is 22.3 Å². The van der Waals surface area contributed by atoms with E-state index in [-0.39, 0.29) is 22.1 Å². The minimum Gasteiger partial charge on any atom is -0.503 e. The molecular formula is C21H19ClFNO3. The molecule has 1 heterocycles. The number of carbonyl (C=O) groups excluding carboxylic acids is 2. The number of Topliss-reactive ketones (excluding diaryl/α,β-unsaturated/α-hetero) is 1. The Hall–Kier alpha value is -2.66. The third-order valence-electron chi connectivity index (χ3n) is 4.44. The van der Waals surface area contributed by atoms with Crippen molar-refractivity contribution in [3.63, 3.8) is 0 Å². The highest BCUT2D eigenvalue weighted by Crippen LogP contribution is 2.44. The second-order valence-corrected chi connectivity index (χ2v) is 7.81. The second-order valence-electron chi connectivity index (χ2n) is 7.40. The summed E-state index contributed by atoms with van der Waals surface area (Å²) < 4.78 is 14.7. The van der Waals surface area contributed by atoms with Crippen molar-refractivity contribution in [1.82, 2.24) is 0 Å². The Morgan fingerprint density at radius 1 is 1.11 bits per heavy atom. The molecule has 0 saturated carbocycles. The van der Waals surface area contributed by atoms with Gasteiger partial charge in [0.25, 0.3) is 5.91 Å². The van der Waals surface area contributed by atoms with Crippen molar-refractivity contribution in [3.8, 4) is 0 Å². The first-order valence-electron chi connectivity index (χ1n) is 8.45. The smallest absolute Gasteiger partial charge is 0.294 e. The van der Waals surface area contributed by atoms with Crippen LogP contribution in [-0.4, -0.2) is 16.8 Å². The zero-order chi connectivity index (χ0) is 19.9. The van der Waals surface area contributed by atoms with Crippen LogP contribution in [0.5, 0.6) is 0 Å². The average molecular weight is 388 g/mol. The lowest BCUT2D eigenvalue weighted by atomic mass is 9.82. The van der Waals surface area contributed by atoms with Crippen LogP contribution in [0, 0.1) is 11.2 Å². The summed E-state index contributed by atoms with van der Waals surface area (Å²) in [4.78, 5) is 27.0. The molecule has 0 aromatic heterocycles. The number of hydrogen-bond donors (Lipinski definition) is 1. The molecule has 1 aliphatic heterocycles. The summed E-state index contributed by atoms with van der Waals surface area (Å²) in [7, 11) is 0. The summed E-state index contributed by atoms with van der Waals surface area (Å²) >= 11 is 5.89. The number of hydrogen-bond acceptors (Lipinski definition) is 3. The highest BCUT2D eigenvalue weighted by molar-refractivity contribution is 6.31. The number of amides is 1. The van der Waals surface area contributed by atoms with Gasteiger partial charge in [0.15, 0.2) is 17.4 Å². The molecule has 27 heavy (non-hydrogen) atoms. The highest BCUT2D eigenvalue weighted by atomic mass is 35.5. The molecule has 6 heteroatoms. The number of anilines is 1. The number of carbonyl (C=O) groups is 2. The van der Waals surface area contributed by atoms with E-state index in [0.29, 0.717) is 5.56 Å². The van der Waals surface area contributed by atoms with Crippen molar-refractivity contribution in [2.75, 3.05) is 4.90 Å². The van der Waals surface area contributed by atoms with Crippen molar-refractivity contribution < 1.29 is 19.1 Å². The zero-order valence-electron chi connectivity index (χ0n) is 15.2. The van der Waals surface area contributed by atoms with E-state index in [9.17, 15) is 19.1 Å². The number of benzene rings is 2. The lowest BCUT2D eigenvalue weighted by Crippen LogP contribution is -2.33. The molecule has 2 aromatic carbocycles. The number of rotatable bonds is 3. The van der Waals surface area contributed by atoms with E-state index in [1.807, 2.05) is 0 Å². The number of aliphatic hydroxyl groups excluding tert-OH is 1. The van der Waals surface area contributed by atoms with Crippen LogP contribution < -0.4 is 4.90 Å². The number of halogens is 2. The Bertz CT molecular complexity index is 948. The SMILES string of the molecule is CC(C)(C)C(=O)C1=C(O)C(=O)N(c2cccc(Cl)c2F)C1c1ccccc1. The first-order valence-corrected chi connectivity index (χ1v) is 8.83. The fourth-order valence-electron chi connectivity index (χ4n) is 3.12. The fraction of sp³-hybridized carbons (Fsp3) is 0.238. The van der Waals surface area contributed by atoms with Crippen molar-refractivity contribution in [3.05, 3.63) is 76.3 Å². The fourth-order valence-corrected chi connectivity index (χ4v) is 3.29. The maximum absolute atomic E-state index is 14.7. The number of nitrogens with zero attached hydrogens (tertiary/aromatic N) is 1. The molecule has 1 N–H and O–H groups in total. The minimum absolute atomic E-state index is 0.0434. The molecule has 2 aromatic rings. The van der Waals surface area contributed by atoms with Crippen LogP contribution in [0.3, 0.4) is 0 Å². The highest BCUT2D eigenvalue weighted by Gasteiger charge is 2.47. The van der Waals surface area contributed by atoms with Gasteiger partial charge in [0.1, 0.15) is 0 Å². The van der Waals surface area contributed by atoms with Crippen molar-refractivity contribution in [2.45, 2.75) is 26.8 Å². The molecule has 1 aliphatic rings. The van der Waals surface area contributed by atoms with Crippen LogP contribution in [-0.2, 0) is 9.59 Å². The summed E-state index contributed by atoms with van der Waals surface area (Å²) in [5.41, 5.74) is -0.385. The predicted molar refractivity (Wildman–Crippen MR) is 102 cm³/mol. The summed E-state index contributed by atoms with van der Waals surface area (Å²) in [6.45, 7) is 5.10. The predicted octanol–water partition coefficient (Wildman–Crippen LogP) is 4.99. The second kappa shape index (κ2) is 6.82. The molecule has 4 nitrogen and oxygen atoms in total. The van der Waals surface area contributed by atoms with Crippen LogP contribution in [0.2, 0.25) is 5.02 Å². The van der Waals surface area contributed by atoms with Gasteiger partial charge in [-0.15, -0.1) is 0 Å². The van der Waals surface area contributed by atoms with Crippen LogP contribution in [0.1, 0.15) is 32.4 Å². The Morgan fingerprint density at radius 2 is 1.74 bits per heavy atom. The maximum Gasteiger partial charge on any atom is 0.294 e. The Labute approximate surface area is 161 Å². The molecule has 140 valence electrons. The molecule has 1 atom stereocenters. The number of aliphatic hydroxyl groups is 1. The minimum atomic E-state index is -0.946. The summed E-state index contributed by atoms with van der Waals surface area (Å²) in [6, 6.07) is 12.1. The Morgan fingerprint density at radius 3 is 2.33 bits per heavy atom. The van der Waals surface area contributed by atoms with E-state index in [0.717, 1.165) is 4.90 Å². The van der Waals surface area contributed by atoms with Crippen molar-refractivity contribution in [2.24, 2.45) is 5.41 Å². The van der Waals surface area contributed by atoms with Gasteiger partial charge >= 0.3 is 0 Å². The topological polar surface area (TPSA) is 57.6 Å². The van der Waals surface area contributed by atoms with E-state index >= 15 is 0 Å². The maximum atomic E-state index is 14.7. The standard InChI is InChI=1S/C21H19ClFNO3/c1-21(2,3)19(26)15-17(12-8-5-4-6-9-12)24(20(27)18(15)25)14-11-7-10-13(22)16(14)23/h4-11,17,25H,1-3H3. The Kier molecular flexibility index (Phi) is 4.82. The molecule has 0 bridgehead atoms.